The maximum atomic E-state index is 13.2. The number of nitrogens with one attached hydrogen (secondary N) is 1. The molecule has 1 aromatic heterocycles. The number of fused-ring (bicyclic) bond motifs is 2. The van der Waals surface area contributed by atoms with Gasteiger partial charge in [-0.1, -0.05) is 30.3 Å². The maximum Gasteiger partial charge on any atom is 0.325 e. The lowest BCUT2D eigenvalue weighted by Gasteiger charge is -2.22. The minimum absolute atomic E-state index is 0.241. The summed E-state index contributed by atoms with van der Waals surface area (Å²) in [5, 5.41) is 2.86. The number of imide groups is 1. The molecule has 2 aliphatic rings. The molecule has 0 radical (unpaired) electrons. The number of Topliss-reactive ketones (excluding diaryl/α,β-unsaturated/α-hetero) is 1. The Morgan fingerprint density at radius 1 is 1.29 bits per heavy atom. The van der Waals surface area contributed by atoms with Crippen molar-refractivity contribution in [1.29, 1.82) is 0 Å². The highest BCUT2D eigenvalue weighted by Crippen LogP contribution is 2.41. The molecular formula is C22H23N3O3. The van der Waals surface area contributed by atoms with Gasteiger partial charge in [-0.2, -0.15) is 0 Å². The maximum absolute atomic E-state index is 13.2. The summed E-state index contributed by atoms with van der Waals surface area (Å²) in [5.41, 5.74) is 3.17. The first-order valence-corrected chi connectivity index (χ1v) is 9.42. The van der Waals surface area contributed by atoms with Gasteiger partial charge in [0.15, 0.2) is 5.78 Å². The van der Waals surface area contributed by atoms with Crippen LogP contribution >= 0.6 is 0 Å². The summed E-state index contributed by atoms with van der Waals surface area (Å²) in [4.78, 5) is 39.8. The van der Waals surface area contributed by atoms with Crippen molar-refractivity contribution in [1.82, 2.24) is 14.8 Å². The number of urea groups is 1. The van der Waals surface area contributed by atoms with Crippen LogP contribution in [0.15, 0.2) is 43.0 Å². The molecule has 4 rings (SSSR count). The van der Waals surface area contributed by atoms with Crippen LogP contribution in [0.1, 0.15) is 39.3 Å². The highest BCUT2D eigenvalue weighted by Gasteiger charge is 2.55. The summed E-state index contributed by atoms with van der Waals surface area (Å²) >= 11 is 0. The molecule has 1 atom stereocenters. The zero-order valence-electron chi connectivity index (χ0n) is 16.1. The van der Waals surface area contributed by atoms with Gasteiger partial charge in [-0.05, 0) is 43.9 Å². The van der Waals surface area contributed by atoms with E-state index < -0.39 is 11.6 Å². The summed E-state index contributed by atoms with van der Waals surface area (Å²) in [6.45, 7) is 7.88. The van der Waals surface area contributed by atoms with Gasteiger partial charge >= 0.3 is 6.03 Å². The fourth-order valence-corrected chi connectivity index (χ4v) is 4.46. The molecular weight excluding hydrogens is 354 g/mol. The van der Waals surface area contributed by atoms with E-state index in [-0.39, 0.29) is 18.2 Å². The fourth-order valence-electron chi connectivity index (χ4n) is 4.46. The van der Waals surface area contributed by atoms with Crippen LogP contribution in [-0.2, 0) is 23.3 Å². The van der Waals surface area contributed by atoms with Gasteiger partial charge < -0.3 is 9.88 Å². The number of hydrogen-bond acceptors (Lipinski definition) is 3. The molecule has 2 heterocycles. The summed E-state index contributed by atoms with van der Waals surface area (Å²) in [5.74, 6) is -0.578. The molecule has 0 saturated carbocycles. The van der Waals surface area contributed by atoms with Gasteiger partial charge in [0.25, 0.3) is 5.91 Å². The second kappa shape index (κ2) is 6.48. The normalized spacial score (nSPS) is 20.6. The van der Waals surface area contributed by atoms with Crippen LogP contribution in [0.5, 0.6) is 0 Å². The number of rotatable bonds is 5. The lowest BCUT2D eigenvalue weighted by atomic mass is 9.92. The highest BCUT2D eigenvalue weighted by atomic mass is 16.2. The van der Waals surface area contributed by atoms with Gasteiger partial charge in [0.1, 0.15) is 5.54 Å². The third-order valence-electron chi connectivity index (χ3n) is 5.91. The van der Waals surface area contributed by atoms with E-state index in [0.717, 1.165) is 33.8 Å². The first-order chi connectivity index (χ1) is 13.4. The average Bonchev–Trinajstić information content (AvgIpc) is 3.27. The van der Waals surface area contributed by atoms with Gasteiger partial charge in [-0.25, -0.2) is 4.79 Å². The SMILES string of the molecule is C=CCn1c(C)cc(C(=O)CN2C(=O)NC3(CCc4ccccc43)C2=O)c1C. The number of nitrogens with zero attached hydrogens (tertiary/aromatic N) is 2. The number of carbonyl (C=O) groups is 3. The van der Waals surface area contributed by atoms with Crippen LogP contribution in [0.3, 0.4) is 0 Å². The fraction of sp³-hybridized carbons (Fsp3) is 0.318. The summed E-state index contributed by atoms with van der Waals surface area (Å²) in [6.07, 6.45) is 3.02. The molecule has 1 spiro atoms. The van der Waals surface area contributed by atoms with E-state index in [1.54, 1.807) is 12.1 Å². The van der Waals surface area contributed by atoms with Crippen molar-refractivity contribution >= 4 is 17.7 Å². The number of amides is 3. The predicted molar refractivity (Wildman–Crippen MR) is 105 cm³/mol. The lowest BCUT2D eigenvalue weighted by Crippen LogP contribution is -2.42. The van der Waals surface area contributed by atoms with Crippen molar-refractivity contribution in [3.05, 3.63) is 71.1 Å². The third-order valence-corrected chi connectivity index (χ3v) is 5.91. The molecule has 0 bridgehead atoms. The Bertz CT molecular complexity index is 1020. The zero-order valence-corrected chi connectivity index (χ0v) is 16.1. The van der Waals surface area contributed by atoms with Crippen LogP contribution in [0.2, 0.25) is 0 Å². The average molecular weight is 377 g/mol. The van der Waals surface area contributed by atoms with Crippen LogP contribution in [0.25, 0.3) is 0 Å². The molecule has 28 heavy (non-hydrogen) atoms. The van der Waals surface area contributed by atoms with Gasteiger partial charge in [0, 0.05) is 23.5 Å². The van der Waals surface area contributed by atoms with Gasteiger partial charge in [-0.15, -0.1) is 6.58 Å². The molecule has 3 amide bonds. The van der Waals surface area contributed by atoms with Crippen LogP contribution < -0.4 is 5.32 Å². The standard InChI is InChI=1S/C22H23N3O3/c1-4-11-24-14(2)12-17(15(24)3)19(26)13-25-20(27)22(23-21(25)28)10-9-16-7-5-6-8-18(16)22/h4-8,12H,1,9-11,13H2,2-3H3,(H,23,28). The second-order valence-corrected chi connectivity index (χ2v) is 7.49. The molecule has 6 nitrogen and oxygen atoms in total. The van der Waals surface area contributed by atoms with Crippen LogP contribution in [0.4, 0.5) is 4.79 Å². The van der Waals surface area contributed by atoms with Gasteiger partial charge in [-0.3, -0.25) is 14.5 Å². The van der Waals surface area contributed by atoms with Crippen molar-refractivity contribution in [2.45, 2.75) is 38.8 Å². The van der Waals surface area contributed by atoms with Crippen LogP contribution in [0, 0.1) is 13.8 Å². The quantitative estimate of drug-likeness (QED) is 0.495. The minimum atomic E-state index is -1.03. The summed E-state index contributed by atoms with van der Waals surface area (Å²) in [6, 6.07) is 8.96. The summed E-state index contributed by atoms with van der Waals surface area (Å²) < 4.78 is 1.99. The summed E-state index contributed by atoms with van der Waals surface area (Å²) in [7, 11) is 0. The van der Waals surface area contributed by atoms with E-state index in [2.05, 4.69) is 11.9 Å². The Kier molecular flexibility index (Phi) is 4.22. The Labute approximate surface area is 163 Å². The molecule has 1 aromatic carbocycles. The highest BCUT2D eigenvalue weighted by molar-refractivity contribution is 6.12. The monoisotopic (exact) mass is 377 g/mol. The first-order valence-electron chi connectivity index (χ1n) is 9.42. The molecule has 1 saturated heterocycles. The molecule has 6 heteroatoms. The Hall–Kier alpha value is -3.15. The Balaban J connectivity index is 1.61. The first kappa shape index (κ1) is 18.2. The Morgan fingerprint density at radius 2 is 2.04 bits per heavy atom. The van der Waals surface area contributed by atoms with E-state index in [4.69, 9.17) is 0 Å². The molecule has 1 aliphatic heterocycles. The molecule has 2 aromatic rings. The van der Waals surface area contributed by atoms with Crippen molar-refractivity contribution in [3.8, 4) is 0 Å². The van der Waals surface area contributed by atoms with Crippen molar-refractivity contribution in [3.63, 3.8) is 0 Å². The third kappa shape index (κ3) is 2.52. The second-order valence-electron chi connectivity index (χ2n) is 7.49. The zero-order chi connectivity index (χ0) is 20.1. The van der Waals surface area contributed by atoms with Crippen molar-refractivity contribution in [2.24, 2.45) is 0 Å². The number of ketones is 1. The molecule has 1 unspecified atom stereocenters. The van der Waals surface area contributed by atoms with E-state index in [0.29, 0.717) is 18.5 Å². The molecule has 1 aliphatic carbocycles. The molecule has 144 valence electrons. The van der Waals surface area contributed by atoms with Crippen molar-refractivity contribution < 1.29 is 14.4 Å². The van der Waals surface area contributed by atoms with Gasteiger partial charge in [0.2, 0.25) is 0 Å². The number of carbonyl (C=O) groups excluding carboxylic acids is 3. The number of aromatic nitrogens is 1. The number of hydrogen-bond donors (Lipinski definition) is 1. The van der Waals surface area contributed by atoms with Crippen LogP contribution in [-0.4, -0.2) is 33.7 Å². The lowest BCUT2D eigenvalue weighted by molar-refractivity contribution is -0.131. The number of allylic oxidation sites excluding steroid dienone is 1. The number of aryl methyl sites for hydroxylation is 2. The largest absolute Gasteiger partial charge is 0.345 e. The Morgan fingerprint density at radius 3 is 2.79 bits per heavy atom. The van der Waals surface area contributed by atoms with E-state index in [1.807, 2.05) is 42.7 Å². The van der Waals surface area contributed by atoms with Gasteiger partial charge in [0.05, 0.1) is 6.54 Å². The molecule has 1 fully saturated rings. The molecule has 1 N–H and O–H groups in total. The van der Waals surface area contributed by atoms with E-state index >= 15 is 0 Å². The topological polar surface area (TPSA) is 71.4 Å². The van der Waals surface area contributed by atoms with Crippen molar-refractivity contribution in [2.75, 3.05) is 6.54 Å². The number of benzene rings is 1. The van der Waals surface area contributed by atoms with E-state index in [1.165, 1.54) is 0 Å². The predicted octanol–water partition coefficient (Wildman–Crippen LogP) is 2.87. The smallest absolute Gasteiger partial charge is 0.325 e. The van der Waals surface area contributed by atoms with E-state index in [9.17, 15) is 14.4 Å². The minimum Gasteiger partial charge on any atom is -0.345 e.